The quantitative estimate of drug-likeness (QED) is 0.710. The lowest BCUT2D eigenvalue weighted by molar-refractivity contribution is 0.0770. The lowest BCUT2D eigenvalue weighted by Gasteiger charge is -2.51. The first-order valence-electron chi connectivity index (χ1n) is 7.08. The fourth-order valence-electron chi connectivity index (χ4n) is 3.31. The van der Waals surface area contributed by atoms with E-state index in [1.807, 2.05) is 0 Å². The SMILES string of the molecule is CC(C)NCC1(C2=CCCCC2)CCC1C. The zero-order chi connectivity index (χ0) is 11.6. The van der Waals surface area contributed by atoms with Crippen LogP contribution in [0.3, 0.4) is 0 Å². The molecule has 0 amide bonds. The molecular weight excluding hydrogens is 194 g/mol. The van der Waals surface area contributed by atoms with Gasteiger partial charge in [-0.3, -0.25) is 0 Å². The highest BCUT2D eigenvalue weighted by Gasteiger charge is 2.46. The van der Waals surface area contributed by atoms with E-state index in [9.17, 15) is 0 Å². The minimum absolute atomic E-state index is 0.532. The summed E-state index contributed by atoms with van der Waals surface area (Å²) in [6.07, 6.45) is 10.9. The fraction of sp³-hybridized carbons (Fsp3) is 0.867. The summed E-state index contributed by atoms with van der Waals surface area (Å²) < 4.78 is 0. The van der Waals surface area contributed by atoms with Gasteiger partial charge in [0.1, 0.15) is 0 Å². The second-order valence-electron chi connectivity index (χ2n) is 6.11. The summed E-state index contributed by atoms with van der Waals surface area (Å²) in [4.78, 5) is 0. The normalized spacial score (nSPS) is 34.8. The Morgan fingerprint density at radius 3 is 2.69 bits per heavy atom. The molecular formula is C15H27N. The van der Waals surface area contributed by atoms with Crippen LogP contribution in [-0.2, 0) is 0 Å². The standard InChI is InChI=1S/C15H27N/c1-12(2)16-11-15(10-9-13(15)3)14-7-5-4-6-8-14/h7,12-13,16H,4-6,8-11H2,1-3H3. The molecule has 0 aromatic carbocycles. The lowest BCUT2D eigenvalue weighted by atomic mass is 9.55. The van der Waals surface area contributed by atoms with Crippen molar-refractivity contribution in [3.63, 3.8) is 0 Å². The molecule has 16 heavy (non-hydrogen) atoms. The first kappa shape index (κ1) is 12.2. The second-order valence-corrected chi connectivity index (χ2v) is 6.11. The predicted octanol–water partition coefficient (Wildman–Crippen LogP) is 3.90. The van der Waals surface area contributed by atoms with Crippen LogP contribution in [0.5, 0.6) is 0 Å². The highest BCUT2D eigenvalue weighted by Crippen LogP contribution is 2.53. The van der Waals surface area contributed by atoms with E-state index >= 15 is 0 Å². The first-order valence-corrected chi connectivity index (χ1v) is 7.08. The average Bonchev–Trinajstić information content (AvgIpc) is 2.29. The van der Waals surface area contributed by atoms with E-state index in [0.717, 1.165) is 5.92 Å². The molecule has 1 nitrogen and oxygen atoms in total. The lowest BCUT2D eigenvalue weighted by Crippen LogP contribution is -2.49. The third kappa shape index (κ3) is 2.20. The average molecular weight is 221 g/mol. The molecule has 2 aliphatic rings. The molecule has 2 atom stereocenters. The minimum atomic E-state index is 0.532. The number of rotatable bonds is 4. The summed E-state index contributed by atoms with van der Waals surface area (Å²) in [5.74, 6) is 0.892. The maximum Gasteiger partial charge on any atom is 0.00624 e. The monoisotopic (exact) mass is 221 g/mol. The zero-order valence-electron chi connectivity index (χ0n) is 11.2. The van der Waals surface area contributed by atoms with Crippen LogP contribution < -0.4 is 5.32 Å². The highest BCUT2D eigenvalue weighted by atomic mass is 14.9. The maximum atomic E-state index is 3.68. The molecule has 0 heterocycles. The summed E-state index contributed by atoms with van der Waals surface area (Å²) in [5.41, 5.74) is 2.32. The van der Waals surface area contributed by atoms with Crippen LogP contribution in [0.25, 0.3) is 0 Å². The molecule has 0 aromatic heterocycles. The molecule has 0 bridgehead atoms. The van der Waals surface area contributed by atoms with Gasteiger partial charge >= 0.3 is 0 Å². The van der Waals surface area contributed by atoms with Gasteiger partial charge in [-0.25, -0.2) is 0 Å². The van der Waals surface area contributed by atoms with Crippen molar-refractivity contribution in [2.75, 3.05) is 6.54 Å². The van der Waals surface area contributed by atoms with Crippen molar-refractivity contribution in [1.82, 2.24) is 5.32 Å². The Bertz CT molecular complexity index is 267. The molecule has 1 saturated carbocycles. The molecule has 92 valence electrons. The Kier molecular flexibility index (Phi) is 3.73. The Labute approximate surface area is 101 Å². The van der Waals surface area contributed by atoms with Gasteiger partial charge in [0.2, 0.25) is 0 Å². The van der Waals surface area contributed by atoms with Crippen molar-refractivity contribution in [3.8, 4) is 0 Å². The van der Waals surface area contributed by atoms with Gasteiger partial charge in [0.15, 0.2) is 0 Å². The fourth-order valence-corrected chi connectivity index (χ4v) is 3.31. The van der Waals surface area contributed by atoms with E-state index < -0.39 is 0 Å². The van der Waals surface area contributed by atoms with Gasteiger partial charge < -0.3 is 5.32 Å². The second kappa shape index (κ2) is 4.91. The molecule has 0 aliphatic heterocycles. The van der Waals surface area contributed by atoms with Gasteiger partial charge in [0, 0.05) is 18.0 Å². The molecule has 2 unspecified atom stereocenters. The largest absolute Gasteiger partial charge is 0.314 e. The van der Waals surface area contributed by atoms with Crippen LogP contribution in [0.2, 0.25) is 0 Å². The van der Waals surface area contributed by atoms with E-state index in [4.69, 9.17) is 0 Å². The third-order valence-electron chi connectivity index (χ3n) is 4.72. The maximum absolute atomic E-state index is 3.68. The summed E-state index contributed by atoms with van der Waals surface area (Å²) in [6, 6.07) is 0.619. The van der Waals surface area contributed by atoms with Crippen LogP contribution in [0.15, 0.2) is 11.6 Å². The van der Waals surface area contributed by atoms with Crippen LogP contribution >= 0.6 is 0 Å². The van der Waals surface area contributed by atoms with Gasteiger partial charge in [0.05, 0.1) is 0 Å². The molecule has 0 radical (unpaired) electrons. The van der Waals surface area contributed by atoms with Crippen LogP contribution in [0, 0.1) is 11.3 Å². The summed E-state index contributed by atoms with van der Waals surface area (Å²) in [5, 5.41) is 3.68. The Morgan fingerprint density at radius 1 is 1.44 bits per heavy atom. The summed E-state index contributed by atoms with van der Waals surface area (Å²) in [6.45, 7) is 8.16. The molecule has 0 saturated heterocycles. The third-order valence-corrected chi connectivity index (χ3v) is 4.72. The van der Waals surface area contributed by atoms with Crippen molar-refractivity contribution in [2.24, 2.45) is 11.3 Å². The molecule has 1 N–H and O–H groups in total. The van der Waals surface area contributed by atoms with Crippen molar-refractivity contribution < 1.29 is 0 Å². The number of hydrogen-bond donors (Lipinski definition) is 1. The van der Waals surface area contributed by atoms with Gasteiger partial charge in [-0.2, -0.15) is 0 Å². The van der Waals surface area contributed by atoms with Gasteiger partial charge in [-0.1, -0.05) is 32.4 Å². The molecule has 0 aromatic rings. The van der Waals surface area contributed by atoms with E-state index in [-0.39, 0.29) is 0 Å². The Balaban J connectivity index is 2.06. The predicted molar refractivity (Wildman–Crippen MR) is 70.5 cm³/mol. The van der Waals surface area contributed by atoms with E-state index in [2.05, 4.69) is 32.2 Å². The van der Waals surface area contributed by atoms with Crippen LogP contribution in [-0.4, -0.2) is 12.6 Å². The topological polar surface area (TPSA) is 12.0 Å². The summed E-state index contributed by atoms with van der Waals surface area (Å²) >= 11 is 0. The molecule has 0 spiro atoms. The zero-order valence-corrected chi connectivity index (χ0v) is 11.2. The van der Waals surface area contributed by atoms with Gasteiger partial charge in [0.25, 0.3) is 0 Å². The molecule has 1 fully saturated rings. The van der Waals surface area contributed by atoms with Crippen molar-refractivity contribution in [3.05, 3.63) is 11.6 Å². The van der Waals surface area contributed by atoms with Crippen molar-refractivity contribution >= 4 is 0 Å². The number of hydrogen-bond acceptors (Lipinski definition) is 1. The van der Waals surface area contributed by atoms with E-state index in [1.165, 1.54) is 45.1 Å². The Hall–Kier alpha value is -0.300. The van der Waals surface area contributed by atoms with Crippen molar-refractivity contribution in [1.29, 1.82) is 0 Å². The highest BCUT2D eigenvalue weighted by molar-refractivity contribution is 5.22. The summed E-state index contributed by atoms with van der Waals surface area (Å²) in [7, 11) is 0. The molecule has 2 aliphatic carbocycles. The number of allylic oxidation sites excluding steroid dienone is 1. The van der Waals surface area contributed by atoms with Crippen LogP contribution in [0.1, 0.15) is 59.3 Å². The first-order chi connectivity index (χ1) is 7.65. The minimum Gasteiger partial charge on any atom is -0.314 e. The van der Waals surface area contributed by atoms with Crippen LogP contribution in [0.4, 0.5) is 0 Å². The Morgan fingerprint density at radius 2 is 2.25 bits per heavy atom. The van der Waals surface area contributed by atoms with Gasteiger partial charge in [-0.05, 0) is 44.4 Å². The smallest absolute Gasteiger partial charge is 0.00624 e. The van der Waals surface area contributed by atoms with E-state index in [1.54, 1.807) is 5.57 Å². The molecule has 1 heteroatoms. The van der Waals surface area contributed by atoms with Gasteiger partial charge in [-0.15, -0.1) is 0 Å². The number of nitrogens with one attached hydrogen (secondary N) is 1. The van der Waals surface area contributed by atoms with E-state index in [0.29, 0.717) is 11.5 Å². The van der Waals surface area contributed by atoms with Crippen molar-refractivity contribution in [2.45, 2.75) is 65.3 Å². The molecule has 2 rings (SSSR count).